The van der Waals surface area contributed by atoms with E-state index in [1.807, 2.05) is 27.7 Å². The Bertz CT molecular complexity index is 650. The van der Waals surface area contributed by atoms with Gasteiger partial charge < -0.3 is 26.0 Å². The number of nitrogens with zero attached hydrogens (tertiary/aromatic N) is 1. The molecule has 0 unspecified atom stereocenters. The maximum atomic E-state index is 12.4. The highest BCUT2D eigenvalue weighted by Crippen LogP contribution is 2.68. The summed E-state index contributed by atoms with van der Waals surface area (Å²) in [6.45, 7) is 7.36. The highest BCUT2D eigenvalue weighted by molar-refractivity contribution is 5.98. The fourth-order valence-electron chi connectivity index (χ4n) is 2.99. The van der Waals surface area contributed by atoms with Crippen LogP contribution in [0, 0.1) is 16.7 Å². The molecule has 0 bridgehead atoms. The van der Waals surface area contributed by atoms with Gasteiger partial charge in [0, 0.05) is 17.7 Å². The molecule has 1 heterocycles. The summed E-state index contributed by atoms with van der Waals surface area (Å²) in [6.07, 6.45) is 1.36. The lowest BCUT2D eigenvalue weighted by molar-refractivity contribution is -0.305. The largest absolute Gasteiger partial charge is 0.344 e. The molecule has 1 saturated carbocycles. The molecule has 0 saturated heterocycles. The van der Waals surface area contributed by atoms with Crippen LogP contribution in [0.2, 0.25) is 0 Å². The molecule has 24 heavy (non-hydrogen) atoms. The predicted octanol–water partition coefficient (Wildman–Crippen LogP) is 0.0628. The Morgan fingerprint density at radius 3 is 2.29 bits per heavy atom. The van der Waals surface area contributed by atoms with Gasteiger partial charge in [-0.2, -0.15) is 0 Å². The third-order valence-corrected chi connectivity index (χ3v) is 5.04. The van der Waals surface area contributed by atoms with E-state index in [2.05, 4.69) is 15.6 Å². The summed E-state index contributed by atoms with van der Waals surface area (Å²) in [7, 11) is 0. The molecule has 0 atom stereocenters. The van der Waals surface area contributed by atoms with Crippen LogP contribution in [0.25, 0.3) is 0 Å². The van der Waals surface area contributed by atoms with Crippen LogP contribution in [0.3, 0.4) is 0 Å². The second-order valence-corrected chi connectivity index (χ2v) is 7.25. The summed E-state index contributed by atoms with van der Waals surface area (Å²) in [5.74, 6) is -3.70. The number of carbonyl (C=O) groups excluding carboxylic acids is 2. The van der Waals surface area contributed by atoms with E-state index in [9.17, 15) is 9.59 Å². The summed E-state index contributed by atoms with van der Waals surface area (Å²) < 4.78 is 0. The van der Waals surface area contributed by atoms with Crippen LogP contribution < -0.4 is 10.6 Å². The molecule has 0 aromatic carbocycles. The molecule has 132 valence electrons. The van der Waals surface area contributed by atoms with Gasteiger partial charge in [0.15, 0.2) is 0 Å². The zero-order valence-electron chi connectivity index (χ0n) is 14.1. The number of nitrogens with one attached hydrogen (secondary N) is 2. The summed E-state index contributed by atoms with van der Waals surface area (Å²) in [5.41, 5.74) is -0.0590. The van der Waals surface area contributed by atoms with Crippen molar-refractivity contribution in [2.75, 3.05) is 11.9 Å². The van der Waals surface area contributed by atoms with Crippen LogP contribution in [0.5, 0.6) is 0 Å². The van der Waals surface area contributed by atoms with Crippen molar-refractivity contribution >= 4 is 17.6 Å². The van der Waals surface area contributed by atoms with E-state index < -0.39 is 18.4 Å². The van der Waals surface area contributed by atoms with Crippen LogP contribution in [-0.2, 0) is 4.79 Å². The van der Waals surface area contributed by atoms with Crippen LogP contribution >= 0.6 is 0 Å². The minimum Gasteiger partial charge on any atom is -0.344 e. The average molecular weight is 337 g/mol. The summed E-state index contributed by atoms with van der Waals surface area (Å²) >= 11 is 0. The topological polar surface area (TPSA) is 132 Å². The summed E-state index contributed by atoms with van der Waals surface area (Å²) in [4.78, 5) is 28.3. The lowest BCUT2D eigenvalue weighted by Crippen LogP contribution is -2.42. The standard InChI is InChI=1S/C16H23N3O5/c1-14(2)11(15(14,3)4)13(21)19-10-7-9(5-6-17-10)12(20)18-8-16(22,23)24/h5-7,11,22-24H,8H2,1-4H3,(H,18,20)(H,17,19,21). The van der Waals surface area contributed by atoms with Crippen molar-refractivity contribution in [3.63, 3.8) is 0 Å². The lowest BCUT2D eigenvalue weighted by Gasteiger charge is -2.14. The highest BCUT2D eigenvalue weighted by Gasteiger charge is 2.68. The van der Waals surface area contributed by atoms with E-state index in [0.717, 1.165) is 0 Å². The molecule has 1 fully saturated rings. The van der Waals surface area contributed by atoms with Crippen molar-refractivity contribution in [1.82, 2.24) is 10.3 Å². The van der Waals surface area contributed by atoms with Gasteiger partial charge in [-0.25, -0.2) is 4.98 Å². The average Bonchev–Trinajstić information content (AvgIpc) is 2.85. The van der Waals surface area contributed by atoms with Crippen LogP contribution in [-0.4, -0.2) is 44.6 Å². The van der Waals surface area contributed by atoms with E-state index >= 15 is 0 Å². The SMILES string of the molecule is CC1(C)C(C(=O)Nc2cc(C(=O)NCC(O)(O)O)ccn2)C1(C)C. The Hall–Kier alpha value is -2.03. The normalized spacial score (nSPS) is 18.8. The number of rotatable bonds is 5. The molecule has 1 aliphatic rings. The zero-order chi connectivity index (χ0) is 18.3. The first kappa shape index (κ1) is 18.3. The Morgan fingerprint density at radius 2 is 1.79 bits per heavy atom. The van der Waals surface area contributed by atoms with Crippen LogP contribution in [0.15, 0.2) is 18.3 Å². The van der Waals surface area contributed by atoms with Crippen molar-refractivity contribution in [1.29, 1.82) is 0 Å². The molecule has 2 amide bonds. The van der Waals surface area contributed by atoms with Gasteiger partial charge in [0.05, 0.1) is 6.54 Å². The predicted molar refractivity (Wildman–Crippen MR) is 85.6 cm³/mol. The summed E-state index contributed by atoms with van der Waals surface area (Å²) in [6, 6.07) is 2.78. The molecule has 1 aliphatic carbocycles. The second-order valence-electron chi connectivity index (χ2n) is 7.25. The van der Waals surface area contributed by atoms with Crippen LogP contribution in [0.1, 0.15) is 38.1 Å². The number of amides is 2. The molecular weight excluding hydrogens is 314 g/mol. The Morgan fingerprint density at radius 1 is 1.21 bits per heavy atom. The second kappa shape index (κ2) is 5.80. The first-order valence-electron chi connectivity index (χ1n) is 7.58. The smallest absolute Gasteiger partial charge is 0.293 e. The molecule has 2 rings (SSSR count). The van der Waals surface area contributed by atoms with Crippen molar-refractivity contribution in [2.24, 2.45) is 16.7 Å². The molecule has 5 N–H and O–H groups in total. The Balaban J connectivity index is 2.03. The number of carbonyl (C=O) groups is 2. The Kier molecular flexibility index (Phi) is 4.43. The molecule has 0 spiro atoms. The lowest BCUT2D eigenvalue weighted by atomic mass is 10.0. The van der Waals surface area contributed by atoms with Gasteiger partial charge in [-0.1, -0.05) is 27.7 Å². The van der Waals surface area contributed by atoms with E-state index in [1.165, 1.54) is 18.3 Å². The van der Waals surface area contributed by atoms with E-state index in [1.54, 1.807) is 0 Å². The fraction of sp³-hybridized carbons (Fsp3) is 0.562. The van der Waals surface area contributed by atoms with Gasteiger partial charge in [-0.15, -0.1) is 0 Å². The highest BCUT2D eigenvalue weighted by atomic mass is 16.7. The van der Waals surface area contributed by atoms with Crippen LogP contribution in [0.4, 0.5) is 5.82 Å². The van der Waals surface area contributed by atoms with Gasteiger partial charge in [-0.3, -0.25) is 9.59 Å². The van der Waals surface area contributed by atoms with E-state index in [4.69, 9.17) is 15.3 Å². The van der Waals surface area contributed by atoms with Crippen molar-refractivity contribution in [3.05, 3.63) is 23.9 Å². The minimum absolute atomic E-state index is 0.112. The van der Waals surface area contributed by atoms with Crippen molar-refractivity contribution in [3.8, 4) is 0 Å². The number of pyridine rings is 1. The third-order valence-electron chi connectivity index (χ3n) is 5.04. The molecule has 8 nitrogen and oxygen atoms in total. The van der Waals surface area contributed by atoms with E-state index in [-0.39, 0.29) is 34.0 Å². The van der Waals surface area contributed by atoms with Gasteiger partial charge in [-0.05, 0) is 23.0 Å². The van der Waals surface area contributed by atoms with Gasteiger partial charge >= 0.3 is 0 Å². The third kappa shape index (κ3) is 3.55. The minimum atomic E-state index is -2.98. The fourth-order valence-corrected chi connectivity index (χ4v) is 2.99. The number of hydrogen-bond acceptors (Lipinski definition) is 6. The maximum absolute atomic E-state index is 12.4. The quantitative estimate of drug-likeness (QED) is 0.483. The zero-order valence-corrected chi connectivity index (χ0v) is 14.1. The van der Waals surface area contributed by atoms with Gasteiger partial charge in [0.2, 0.25) is 5.91 Å². The summed E-state index contributed by atoms with van der Waals surface area (Å²) in [5, 5.41) is 31.2. The number of anilines is 1. The van der Waals surface area contributed by atoms with Gasteiger partial charge in [0.25, 0.3) is 11.9 Å². The number of hydrogen-bond donors (Lipinski definition) is 5. The molecule has 1 aromatic heterocycles. The Labute approximate surface area is 139 Å². The van der Waals surface area contributed by atoms with Crippen molar-refractivity contribution in [2.45, 2.75) is 33.7 Å². The molecule has 1 aromatic rings. The molecule has 0 radical (unpaired) electrons. The molecule has 0 aliphatic heterocycles. The van der Waals surface area contributed by atoms with Crippen molar-refractivity contribution < 1.29 is 24.9 Å². The van der Waals surface area contributed by atoms with Gasteiger partial charge in [0.1, 0.15) is 5.82 Å². The first-order chi connectivity index (χ1) is 10.9. The monoisotopic (exact) mass is 337 g/mol. The number of aliphatic hydroxyl groups is 3. The maximum Gasteiger partial charge on any atom is 0.293 e. The first-order valence-corrected chi connectivity index (χ1v) is 7.58. The molecular formula is C16H23N3O5. The van der Waals surface area contributed by atoms with E-state index in [0.29, 0.717) is 0 Å². The number of aromatic nitrogens is 1. The molecule has 8 heteroatoms.